The third-order valence-corrected chi connectivity index (χ3v) is 5.43. The molecule has 0 spiro atoms. The lowest BCUT2D eigenvalue weighted by Crippen LogP contribution is -2.42. The lowest BCUT2D eigenvalue weighted by atomic mass is 10.1. The van der Waals surface area contributed by atoms with Gasteiger partial charge in [0, 0.05) is 42.8 Å². The van der Waals surface area contributed by atoms with Crippen molar-refractivity contribution in [1.29, 1.82) is 5.26 Å². The van der Waals surface area contributed by atoms with Crippen LogP contribution in [0.1, 0.15) is 12.8 Å². The van der Waals surface area contributed by atoms with E-state index in [1.165, 1.54) is 11.0 Å². The number of pyridine rings is 1. The minimum atomic E-state index is -1.12. The van der Waals surface area contributed by atoms with Gasteiger partial charge in [-0.25, -0.2) is 8.78 Å². The van der Waals surface area contributed by atoms with Gasteiger partial charge in [-0.1, -0.05) is 0 Å². The van der Waals surface area contributed by atoms with Gasteiger partial charge in [0.1, 0.15) is 23.5 Å². The number of carbonyl (C=O) groups is 1. The van der Waals surface area contributed by atoms with Crippen molar-refractivity contribution in [3.63, 3.8) is 0 Å². The summed E-state index contributed by atoms with van der Waals surface area (Å²) >= 11 is 0. The maximum absolute atomic E-state index is 13.9. The standard InChI is InChI=1S/C20H21F2N5O/c21-13-8-15(9-23)27(10-13)19(28)12-26-7-5-14(11-26)25-18-4-3-17(22)20-16(18)2-1-6-24-20/h1-4,6,13-15,25H,5,7-8,10-12H2/t13-,14-,15?/m0/s1. The van der Waals surface area contributed by atoms with E-state index in [9.17, 15) is 13.6 Å². The number of carbonyl (C=O) groups excluding carboxylic acids is 1. The van der Waals surface area contributed by atoms with Crippen LogP contribution in [-0.2, 0) is 4.79 Å². The van der Waals surface area contributed by atoms with E-state index < -0.39 is 12.2 Å². The number of rotatable bonds is 4. The van der Waals surface area contributed by atoms with Crippen molar-refractivity contribution in [2.75, 3.05) is 31.5 Å². The second kappa shape index (κ2) is 7.68. The molecule has 1 amide bonds. The molecule has 0 saturated carbocycles. The summed E-state index contributed by atoms with van der Waals surface area (Å²) in [5, 5.41) is 13.3. The van der Waals surface area contributed by atoms with Crippen LogP contribution in [0.4, 0.5) is 14.5 Å². The molecule has 0 radical (unpaired) electrons. The van der Waals surface area contributed by atoms with Crippen LogP contribution in [0.2, 0.25) is 0 Å². The molecular weight excluding hydrogens is 364 g/mol. The Hall–Kier alpha value is -2.79. The van der Waals surface area contributed by atoms with Crippen LogP contribution < -0.4 is 5.32 Å². The number of alkyl halides is 1. The van der Waals surface area contributed by atoms with E-state index in [-0.39, 0.29) is 37.3 Å². The van der Waals surface area contributed by atoms with Crippen molar-refractivity contribution in [1.82, 2.24) is 14.8 Å². The summed E-state index contributed by atoms with van der Waals surface area (Å²) in [5.74, 6) is -0.563. The van der Waals surface area contributed by atoms with Gasteiger partial charge in [0.15, 0.2) is 0 Å². The molecule has 1 unspecified atom stereocenters. The predicted molar refractivity (Wildman–Crippen MR) is 101 cm³/mol. The number of nitrogens with one attached hydrogen (secondary N) is 1. The fraction of sp³-hybridized carbons (Fsp3) is 0.450. The monoisotopic (exact) mass is 385 g/mol. The van der Waals surface area contributed by atoms with Crippen molar-refractivity contribution in [3.05, 3.63) is 36.3 Å². The fourth-order valence-electron chi connectivity index (χ4n) is 4.04. The molecule has 1 aromatic carbocycles. The second-order valence-electron chi connectivity index (χ2n) is 7.38. The molecule has 1 N–H and O–H groups in total. The molecule has 2 aliphatic heterocycles. The third kappa shape index (κ3) is 3.62. The largest absolute Gasteiger partial charge is 0.380 e. The number of aromatic nitrogens is 1. The first-order valence-electron chi connectivity index (χ1n) is 9.40. The first kappa shape index (κ1) is 18.6. The summed E-state index contributed by atoms with van der Waals surface area (Å²) in [5.41, 5.74) is 1.14. The first-order valence-corrected chi connectivity index (χ1v) is 9.40. The van der Waals surface area contributed by atoms with Gasteiger partial charge in [-0.3, -0.25) is 14.7 Å². The zero-order valence-corrected chi connectivity index (χ0v) is 15.3. The number of hydrogen-bond donors (Lipinski definition) is 1. The quantitative estimate of drug-likeness (QED) is 0.875. The minimum Gasteiger partial charge on any atom is -0.380 e. The molecule has 0 aliphatic carbocycles. The number of benzene rings is 1. The van der Waals surface area contributed by atoms with E-state index in [1.54, 1.807) is 18.3 Å². The summed E-state index contributed by atoms with van der Waals surface area (Å²) < 4.78 is 27.5. The van der Waals surface area contributed by atoms with E-state index in [4.69, 9.17) is 5.26 Å². The van der Waals surface area contributed by atoms with Gasteiger partial charge in [0.05, 0.1) is 19.2 Å². The molecule has 6 nitrogen and oxygen atoms in total. The van der Waals surface area contributed by atoms with Crippen LogP contribution in [0.25, 0.3) is 10.9 Å². The Labute approximate surface area is 161 Å². The predicted octanol–water partition coefficient (Wildman–Crippen LogP) is 2.32. The number of anilines is 1. The van der Waals surface area contributed by atoms with E-state index in [2.05, 4.69) is 10.3 Å². The smallest absolute Gasteiger partial charge is 0.237 e. The van der Waals surface area contributed by atoms with Crippen molar-refractivity contribution in [2.24, 2.45) is 0 Å². The molecule has 0 bridgehead atoms. The number of nitriles is 1. The Morgan fingerprint density at radius 2 is 2.21 bits per heavy atom. The maximum atomic E-state index is 13.9. The first-order chi connectivity index (χ1) is 13.5. The number of likely N-dealkylation sites (tertiary alicyclic amines) is 2. The summed E-state index contributed by atoms with van der Waals surface area (Å²) in [6.45, 7) is 1.55. The van der Waals surface area contributed by atoms with Crippen LogP contribution in [0, 0.1) is 17.1 Å². The Morgan fingerprint density at radius 3 is 3.04 bits per heavy atom. The van der Waals surface area contributed by atoms with Gasteiger partial charge >= 0.3 is 0 Å². The van der Waals surface area contributed by atoms with Gasteiger partial charge in [0.25, 0.3) is 0 Å². The van der Waals surface area contributed by atoms with E-state index >= 15 is 0 Å². The molecule has 4 rings (SSSR count). The van der Waals surface area contributed by atoms with E-state index in [0.29, 0.717) is 12.1 Å². The number of amides is 1. The number of nitrogens with zero attached hydrogens (tertiary/aromatic N) is 4. The van der Waals surface area contributed by atoms with E-state index in [1.807, 2.05) is 17.0 Å². The zero-order valence-electron chi connectivity index (χ0n) is 15.3. The molecule has 3 heterocycles. The maximum Gasteiger partial charge on any atom is 0.237 e. The summed E-state index contributed by atoms with van der Waals surface area (Å²) in [4.78, 5) is 19.9. The SMILES string of the molecule is N#CC1C[C@H](F)CN1C(=O)CN1CC[C@H](Nc2ccc(F)c3ncccc23)C1. The van der Waals surface area contributed by atoms with E-state index in [0.717, 1.165) is 24.0 Å². The Kier molecular flexibility index (Phi) is 5.09. The molecule has 28 heavy (non-hydrogen) atoms. The summed E-state index contributed by atoms with van der Waals surface area (Å²) in [6.07, 6.45) is 1.37. The average molecular weight is 385 g/mol. The van der Waals surface area contributed by atoms with Crippen molar-refractivity contribution >= 4 is 22.5 Å². The molecule has 3 atom stereocenters. The summed E-state index contributed by atoms with van der Waals surface area (Å²) in [6, 6.07) is 8.15. The van der Waals surface area contributed by atoms with Gasteiger partial charge < -0.3 is 10.2 Å². The average Bonchev–Trinajstić information content (AvgIpc) is 3.30. The zero-order chi connectivity index (χ0) is 19.7. The molecule has 1 aromatic heterocycles. The minimum absolute atomic E-state index is 0.00114. The molecule has 2 fully saturated rings. The Morgan fingerprint density at radius 1 is 1.36 bits per heavy atom. The normalized spacial score (nSPS) is 25.2. The Bertz CT molecular complexity index is 930. The molecule has 2 aliphatic rings. The van der Waals surface area contributed by atoms with Gasteiger partial charge in [-0.2, -0.15) is 5.26 Å². The lowest BCUT2D eigenvalue weighted by Gasteiger charge is -2.23. The van der Waals surface area contributed by atoms with Crippen molar-refractivity contribution < 1.29 is 13.6 Å². The molecule has 8 heteroatoms. The van der Waals surface area contributed by atoms with Crippen molar-refractivity contribution in [2.45, 2.75) is 31.1 Å². The van der Waals surface area contributed by atoms with Crippen LogP contribution in [0.3, 0.4) is 0 Å². The number of halogens is 2. The highest BCUT2D eigenvalue weighted by molar-refractivity contribution is 5.91. The second-order valence-corrected chi connectivity index (χ2v) is 7.38. The third-order valence-electron chi connectivity index (χ3n) is 5.43. The summed E-state index contributed by atoms with van der Waals surface area (Å²) in [7, 11) is 0. The van der Waals surface area contributed by atoms with Gasteiger partial charge in [-0.15, -0.1) is 0 Å². The van der Waals surface area contributed by atoms with Gasteiger partial charge in [-0.05, 0) is 30.7 Å². The molecule has 2 saturated heterocycles. The van der Waals surface area contributed by atoms with Crippen LogP contribution >= 0.6 is 0 Å². The number of hydrogen-bond acceptors (Lipinski definition) is 5. The highest BCUT2D eigenvalue weighted by atomic mass is 19.1. The molecule has 146 valence electrons. The van der Waals surface area contributed by atoms with Crippen molar-refractivity contribution in [3.8, 4) is 6.07 Å². The Balaban J connectivity index is 1.38. The molecular formula is C20H21F2N5O. The number of fused-ring (bicyclic) bond motifs is 1. The topological polar surface area (TPSA) is 72.3 Å². The van der Waals surface area contributed by atoms with Crippen LogP contribution in [-0.4, -0.2) is 65.1 Å². The van der Waals surface area contributed by atoms with Crippen LogP contribution in [0.15, 0.2) is 30.5 Å². The molecule has 2 aromatic rings. The lowest BCUT2D eigenvalue weighted by molar-refractivity contribution is -0.132. The van der Waals surface area contributed by atoms with Gasteiger partial charge in [0.2, 0.25) is 5.91 Å². The highest BCUT2D eigenvalue weighted by Crippen LogP contribution is 2.26. The highest BCUT2D eigenvalue weighted by Gasteiger charge is 2.36. The van der Waals surface area contributed by atoms with Crippen LogP contribution in [0.5, 0.6) is 0 Å². The fourth-order valence-corrected chi connectivity index (χ4v) is 4.04.